The lowest BCUT2D eigenvalue weighted by atomic mass is 9.96. The highest BCUT2D eigenvalue weighted by molar-refractivity contribution is 5.81. The fraction of sp³-hybridized carbons (Fsp3) is 0.938. The van der Waals surface area contributed by atoms with Crippen LogP contribution in [0.25, 0.3) is 0 Å². The normalized spacial score (nSPS) is 32.6. The van der Waals surface area contributed by atoms with E-state index in [0.717, 1.165) is 32.0 Å². The zero-order valence-electron chi connectivity index (χ0n) is 12.6. The van der Waals surface area contributed by atoms with E-state index < -0.39 is 0 Å². The van der Waals surface area contributed by atoms with Crippen molar-refractivity contribution in [3.8, 4) is 0 Å². The van der Waals surface area contributed by atoms with Gasteiger partial charge in [-0.15, -0.1) is 0 Å². The number of likely N-dealkylation sites (tertiary alicyclic amines) is 1. The van der Waals surface area contributed by atoms with Gasteiger partial charge in [-0.2, -0.15) is 0 Å². The third-order valence-corrected chi connectivity index (χ3v) is 5.33. The Labute approximate surface area is 122 Å². The van der Waals surface area contributed by atoms with Gasteiger partial charge in [0.1, 0.15) is 0 Å². The Morgan fingerprint density at radius 1 is 1.10 bits per heavy atom. The number of hydrogen-bond donors (Lipinski definition) is 2. The van der Waals surface area contributed by atoms with Gasteiger partial charge in [0.2, 0.25) is 5.91 Å². The number of nitrogens with zero attached hydrogens (tertiary/aromatic N) is 1. The van der Waals surface area contributed by atoms with E-state index in [0.29, 0.717) is 5.92 Å². The molecule has 0 aromatic carbocycles. The lowest BCUT2D eigenvalue weighted by molar-refractivity contribution is -0.123. The lowest BCUT2D eigenvalue weighted by Crippen LogP contribution is -2.47. The SMILES string of the molecule is O=C(NC[C@H]1CCCN(C2CCCC2)C1)[C@H]1CCCN1. The summed E-state index contributed by atoms with van der Waals surface area (Å²) in [6.45, 7) is 4.35. The number of amides is 1. The quantitative estimate of drug-likeness (QED) is 0.820. The summed E-state index contributed by atoms with van der Waals surface area (Å²) in [7, 11) is 0. The summed E-state index contributed by atoms with van der Waals surface area (Å²) in [4.78, 5) is 14.7. The van der Waals surface area contributed by atoms with Crippen LogP contribution >= 0.6 is 0 Å². The molecule has 3 aliphatic rings. The van der Waals surface area contributed by atoms with E-state index in [1.807, 2.05) is 0 Å². The van der Waals surface area contributed by atoms with E-state index in [1.54, 1.807) is 0 Å². The smallest absolute Gasteiger partial charge is 0.237 e. The van der Waals surface area contributed by atoms with Crippen molar-refractivity contribution in [3.05, 3.63) is 0 Å². The number of piperidine rings is 1. The second-order valence-electron chi connectivity index (χ2n) is 6.84. The molecular formula is C16H29N3O. The van der Waals surface area contributed by atoms with Gasteiger partial charge in [-0.05, 0) is 57.5 Å². The molecule has 2 N–H and O–H groups in total. The molecule has 1 aliphatic carbocycles. The molecule has 4 heteroatoms. The van der Waals surface area contributed by atoms with Crippen molar-refractivity contribution >= 4 is 5.91 Å². The molecule has 0 bridgehead atoms. The van der Waals surface area contributed by atoms with Crippen molar-refractivity contribution in [3.63, 3.8) is 0 Å². The molecule has 20 heavy (non-hydrogen) atoms. The predicted octanol–water partition coefficient (Wildman–Crippen LogP) is 1.51. The van der Waals surface area contributed by atoms with Crippen LogP contribution < -0.4 is 10.6 Å². The van der Waals surface area contributed by atoms with Crippen LogP contribution in [0.4, 0.5) is 0 Å². The van der Waals surface area contributed by atoms with E-state index in [2.05, 4.69) is 15.5 Å². The zero-order valence-corrected chi connectivity index (χ0v) is 12.6. The maximum Gasteiger partial charge on any atom is 0.237 e. The molecule has 2 aliphatic heterocycles. The molecule has 2 atom stereocenters. The van der Waals surface area contributed by atoms with Crippen molar-refractivity contribution in [2.45, 2.75) is 63.5 Å². The average molecular weight is 279 g/mol. The molecule has 1 saturated carbocycles. The van der Waals surface area contributed by atoms with Crippen LogP contribution in [0.3, 0.4) is 0 Å². The molecule has 0 spiro atoms. The standard InChI is InChI=1S/C16H29N3O/c20-16(15-8-3-9-17-15)18-11-13-5-4-10-19(12-13)14-6-1-2-7-14/h13-15,17H,1-12H2,(H,18,20)/t13-,15-/m1/s1. The first-order chi connectivity index (χ1) is 9.83. The molecule has 2 heterocycles. The summed E-state index contributed by atoms with van der Waals surface area (Å²) in [6, 6.07) is 0.912. The maximum atomic E-state index is 12.0. The third kappa shape index (κ3) is 3.53. The highest BCUT2D eigenvalue weighted by atomic mass is 16.2. The van der Waals surface area contributed by atoms with Crippen LogP contribution in [0.5, 0.6) is 0 Å². The fourth-order valence-electron chi connectivity index (χ4n) is 4.14. The Bertz CT molecular complexity index is 322. The highest BCUT2D eigenvalue weighted by Gasteiger charge is 2.28. The van der Waals surface area contributed by atoms with E-state index in [4.69, 9.17) is 0 Å². The van der Waals surface area contributed by atoms with Crippen molar-refractivity contribution in [1.29, 1.82) is 0 Å². The minimum atomic E-state index is 0.0736. The van der Waals surface area contributed by atoms with Crippen LogP contribution in [-0.2, 0) is 4.79 Å². The van der Waals surface area contributed by atoms with E-state index in [1.165, 1.54) is 51.6 Å². The predicted molar refractivity (Wildman–Crippen MR) is 80.6 cm³/mol. The van der Waals surface area contributed by atoms with Gasteiger partial charge in [-0.1, -0.05) is 12.8 Å². The molecule has 1 amide bonds. The second-order valence-corrected chi connectivity index (χ2v) is 6.84. The van der Waals surface area contributed by atoms with Gasteiger partial charge < -0.3 is 15.5 Å². The third-order valence-electron chi connectivity index (χ3n) is 5.33. The highest BCUT2D eigenvalue weighted by Crippen LogP contribution is 2.27. The maximum absolute atomic E-state index is 12.0. The molecule has 0 aromatic heterocycles. The molecular weight excluding hydrogens is 250 g/mol. The van der Waals surface area contributed by atoms with Gasteiger partial charge in [0.25, 0.3) is 0 Å². The van der Waals surface area contributed by atoms with Crippen molar-refractivity contribution in [2.75, 3.05) is 26.2 Å². The van der Waals surface area contributed by atoms with Crippen molar-refractivity contribution in [1.82, 2.24) is 15.5 Å². The molecule has 0 radical (unpaired) electrons. The van der Waals surface area contributed by atoms with Crippen LogP contribution in [0.15, 0.2) is 0 Å². The van der Waals surface area contributed by atoms with Gasteiger partial charge in [-0.25, -0.2) is 0 Å². The Morgan fingerprint density at radius 3 is 2.70 bits per heavy atom. The summed E-state index contributed by atoms with van der Waals surface area (Å²) >= 11 is 0. The molecule has 4 nitrogen and oxygen atoms in total. The topological polar surface area (TPSA) is 44.4 Å². The van der Waals surface area contributed by atoms with E-state index in [-0.39, 0.29) is 11.9 Å². The number of rotatable bonds is 4. The van der Waals surface area contributed by atoms with Crippen LogP contribution in [0.1, 0.15) is 51.4 Å². The van der Waals surface area contributed by atoms with Crippen LogP contribution in [0, 0.1) is 5.92 Å². The first kappa shape index (κ1) is 14.3. The fourth-order valence-corrected chi connectivity index (χ4v) is 4.14. The Balaban J connectivity index is 1.41. The molecule has 0 aromatic rings. The van der Waals surface area contributed by atoms with Gasteiger partial charge in [0, 0.05) is 19.1 Å². The number of carbonyl (C=O) groups excluding carboxylic acids is 1. The molecule has 2 saturated heterocycles. The van der Waals surface area contributed by atoms with Gasteiger partial charge in [0.05, 0.1) is 6.04 Å². The summed E-state index contributed by atoms with van der Waals surface area (Å²) in [5.74, 6) is 0.884. The Morgan fingerprint density at radius 2 is 1.95 bits per heavy atom. The molecule has 3 rings (SSSR count). The summed E-state index contributed by atoms with van der Waals surface area (Å²) < 4.78 is 0. The first-order valence-electron chi connectivity index (χ1n) is 8.58. The van der Waals surface area contributed by atoms with Crippen LogP contribution in [-0.4, -0.2) is 49.1 Å². The summed E-state index contributed by atoms with van der Waals surface area (Å²) in [5.41, 5.74) is 0. The summed E-state index contributed by atoms with van der Waals surface area (Å²) in [5, 5.41) is 6.45. The van der Waals surface area contributed by atoms with Crippen molar-refractivity contribution in [2.24, 2.45) is 5.92 Å². The Hall–Kier alpha value is -0.610. The molecule has 114 valence electrons. The van der Waals surface area contributed by atoms with Crippen LogP contribution in [0.2, 0.25) is 0 Å². The van der Waals surface area contributed by atoms with Gasteiger partial charge in [-0.3, -0.25) is 4.79 Å². The zero-order chi connectivity index (χ0) is 13.8. The number of carbonyl (C=O) groups is 1. The van der Waals surface area contributed by atoms with E-state index in [9.17, 15) is 4.79 Å². The first-order valence-corrected chi connectivity index (χ1v) is 8.58. The van der Waals surface area contributed by atoms with Gasteiger partial charge >= 0.3 is 0 Å². The Kier molecular flexibility index (Phi) is 4.94. The number of nitrogens with one attached hydrogen (secondary N) is 2. The molecule has 0 unspecified atom stereocenters. The number of hydrogen-bond acceptors (Lipinski definition) is 3. The largest absolute Gasteiger partial charge is 0.354 e. The monoisotopic (exact) mass is 279 g/mol. The van der Waals surface area contributed by atoms with Crippen molar-refractivity contribution < 1.29 is 4.79 Å². The molecule has 3 fully saturated rings. The van der Waals surface area contributed by atoms with E-state index >= 15 is 0 Å². The summed E-state index contributed by atoms with van der Waals surface area (Å²) in [6.07, 6.45) is 10.3. The minimum absolute atomic E-state index is 0.0736. The van der Waals surface area contributed by atoms with Gasteiger partial charge in [0.15, 0.2) is 0 Å². The minimum Gasteiger partial charge on any atom is -0.354 e. The second kappa shape index (κ2) is 6.90. The lowest BCUT2D eigenvalue weighted by Gasteiger charge is -2.37. The average Bonchev–Trinajstić information content (AvgIpc) is 3.17.